The molecule has 1 N–H and O–H groups in total. The standard InChI is InChI=1S/C20H28N6O/c1-15-12-21-20(24-15)18-11-17(22-14-23-18)10-16-6-4-9-26(13-16)19(27)7-5-8-25(2)3/h5,7,11-12,14,16H,4,6,8-10,13H2,1-3H3,(H,21,24)/b7-5+. The van der Waals surface area contributed by atoms with Crippen LogP contribution in [0.1, 0.15) is 24.2 Å². The molecular formula is C20H28N6O. The number of carbonyl (C=O) groups is 1. The van der Waals surface area contributed by atoms with Gasteiger partial charge in [-0.15, -0.1) is 0 Å². The minimum Gasteiger partial charge on any atom is -0.341 e. The zero-order valence-electron chi connectivity index (χ0n) is 16.4. The number of H-pyrrole nitrogens is 1. The molecule has 1 aliphatic rings. The van der Waals surface area contributed by atoms with Crippen molar-refractivity contribution in [3.05, 3.63) is 42.1 Å². The van der Waals surface area contributed by atoms with Crippen molar-refractivity contribution in [1.82, 2.24) is 29.7 Å². The maximum absolute atomic E-state index is 12.4. The summed E-state index contributed by atoms with van der Waals surface area (Å²) in [4.78, 5) is 32.7. The minimum atomic E-state index is 0.107. The number of aromatic nitrogens is 4. The molecular weight excluding hydrogens is 340 g/mol. The summed E-state index contributed by atoms with van der Waals surface area (Å²) in [5.74, 6) is 1.30. The van der Waals surface area contributed by atoms with Gasteiger partial charge in [-0.1, -0.05) is 6.08 Å². The lowest BCUT2D eigenvalue weighted by Gasteiger charge is -2.32. The summed E-state index contributed by atoms with van der Waals surface area (Å²) in [6.07, 6.45) is 10.0. The normalized spacial score (nSPS) is 17.8. The molecule has 7 nitrogen and oxygen atoms in total. The van der Waals surface area contributed by atoms with E-state index in [1.54, 1.807) is 18.6 Å². The molecule has 1 amide bonds. The van der Waals surface area contributed by atoms with E-state index in [2.05, 4.69) is 19.9 Å². The molecule has 2 aromatic rings. The number of rotatable bonds is 6. The van der Waals surface area contributed by atoms with E-state index < -0.39 is 0 Å². The van der Waals surface area contributed by atoms with Gasteiger partial charge in [-0.05, 0) is 52.3 Å². The van der Waals surface area contributed by atoms with Crippen LogP contribution in [-0.4, -0.2) is 69.4 Å². The Hall–Kier alpha value is -2.54. The second-order valence-corrected chi connectivity index (χ2v) is 7.47. The van der Waals surface area contributed by atoms with Crippen LogP contribution in [-0.2, 0) is 11.2 Å². The number of piperidine rings is 1. The highest BCUT2D eigenvalue weighted by Crippen LogP contribution is 2.22. The van der Waals surface area contributed by atoms with Gasteiger partial charge in [-0.25, -0.2) is 15.0 Å². The maximum Gasteiger partial charge on any atom is 0.246 e. The van der Waals surface area contributed by atoms with Gasteiger partial charge < -0.3 is 14.8 Å². The second-order valence-electron chi connectivity index (χ2n) is 7.47. The fraction of sp³-hybridized carbons (Fsp3) is 0.500. The third kappa shape index (κ3) is 5.47. The number of carbonyl (C=O) groups excluding carboxylic acids is 1. The zero-order valence-corrected chi connectivity index (χ0v) is 16.4. The van der Waals surface area contributed by atoms with Crippen molar-refractivity contribution in [3.8, 4) is 11.5 Å². The molecule has 3 rings (SSSR count). The number of nitrogens with zero attached hydrogens (tertiary/aromatic N) is 5. The van der Waals surface area contributed by atoms with Crippen molar-refractivity contribution in [2.24, 2.45) is 5.92 Å². The SMILES string of the molecule is Cc1cnc(-c2cc(CC3CCCN(C(=O)/C=C/CN(C)C)C3)ncn2)[nH]1. The first-order valence-electron chi connectivity index (χ1n) is 9.44. The van der Waals surface area contributed by atoms with Crippen LogP contribution in [0.5, 0.6) is 0 Å². The Morgan fingerprint density at radius 2 is 2.22 bits per heavy atom. The van der Waals surface area contributed by atoms with E-state index in [0.717, 1.165) is 61.8 Å². The molecule has 1 unspecified atom stereocenters. The van der Waals surface area contributed by atoms with Gasteiger partial charge >= 0.3 is 0 Å². The Labute approximate surface area is 160 Å². The number of nitrogens with one attached hydrogen (secondary N) is 1. The Balaban J connectivity index is 1.61. The first kappa shape index (κ1) is 19.2. The highest BCUT2D eigenvalue weighted by Gasteiger charge is 2.23. The summed E-state index contributed by atoms with van der Waals surface area (Å²) < 4.78 is 0. The summed E-state index contributed by atoms with van der Waals surface area (Å²) in [5, 5.41) is 0. The number of aromatic amines is 1. The van der Waals surface area contributed by atoms with Gasteiger partial charge in [-0.2, -0.15) is 0 Å². The molecule has 2 aromatic heterocycles. The number of hydrogen-bond donors (Lipinski definition) is 1. The Morgan fingerprint density at radius 1 is 1.37 bits per heavy atom. The molecule has 0 radical (unpaired) electrons. The fourth-order valence-corrected chi connectivity index (χ4v) is 3.38. The van der Waals surface area contributed by atoms with Gasteiger partial charge in [0.05, 0.1) is 0 Å². The Kier molecular flexibility index (Phi) is 6.34. The number of hydrogen-bond acceptors (Lipinski definition) is 5. The zero-order chi connectivity index (χ0) is 19.2. The van der Waals surface area contributed by atoms with E-state index in [1.807, 2.05) is 43.0 Å². The van der Waals surface area contributed by atoms with Crippen LogP contribution in [0, 0.1) is 12.8 Å². The van der Waals surface area contributed by atoms with Crippen LogP contribution in [0.3, 0.4) is 0 Å². The first-order valence-corrected chi connectivity index (χ1v) is 9.44. The second kappa shape index (κ2) is 8.90. The van der Waals surface area contributed by atoms with Crippen molar-refractivity contribution >= 4 is 5.91 Å². The van der Waals surface area contributed by atoms with Crippen LogP contribution < -0.4 is 0 Å². The molecule has 0 aliphatic carbocycles. The number of imidazole rings is 1. The average molecular weight is 368 g/mol. The van der Waals surface area contributed by atoms with Gasteiger partial charge in [0.1, 0.15) is 12.0 Å². The average Bonchev–Trinajstić information content (AvgIpc) is 3.08. The van der Waals surface area contributed by atoms with E-state index in [9.17, 15) is 4.79 Å². The topological polar surface area (TPSA) is 78.0 Å². The molecule has 0 saturated carbocycles. The fourth-order valence-electron chi connectivity index (χ4n) is 3.38. The predicted molar refractivity (Wildman–Crippen MR) is 105 cm³/mol. The van der Waals surface area contributed by atoms with Gasteiger partial charge in [-0.3, -0.25) is 4.79 Å². The first-order chi connectivity index (χ1) is 13.0. The van der Waals surface area contributed by atoms with E-state index in [1.165, 1.54) is 0 Å². The summed E-state index contributed by atoms with van der Waals surface area (Å²) in [6.45, 7) is 4.37. The molecule has 0 aromatic carbocycles. The quantitative estimate of drug-likeness (QED) is 0.790. The summed E-state index contributed by atoms with van der Waals surface area (Å²) in [6, 6.07) is 2.00. The van der Waals surface area contributed by atoms with Crippen molar-refractivity contribution in [1.29, 1.82) is 0 Å². The summed E-state index contributed by atoms with van der Waals surface area (Å²) >= 11 is 0. The van der Waals surface area contributed by atoms with Crippen LogP contribution in [0.4, 0.5) is 0 Å². The van der Waals surface area contributed by atoms with Crippen molar-refractivity contribution in [2.75, 3.05) is 33.7 Å². The summed E-state index contributed by atoms with van der Waals surface area (Å²) in [5.41, 5.74) is 2.81. The molecule has 3 heterocycles. The van der Waals surface area contributed by atoms with E-state index in [4.69, 9.17) is 0 Å². The molecule has 1 atom stereocenters. The lowest BCUT2D eigenvalue weighted by molar-refractivity contribution is -0.127. The molecule has 27 heavy (non-hydrogen) atoms. The molecule has 1 fully saturated rings. The molecule has 7 heteroatoms. The minimum absolute atomic E-state index is 0.107. The van der Waals surface area contributed by atoms with Crippen LogP contribution >= 0.6 is 0 Å². The number of likely N-dealkylation sites (N-methyl/N-ethyl adjacent to an activating group) is 1. The third-order valence-corrected chi connectivity index (χ3v) is 4.73. The lowest BCUT2D eigenvalue weighted by Crippen LogP contribution is -2.39. The maximum atomic E-state index is 12.4. The highest BCUT2D eigenvalue weighted by molar-refractivity contribution is 5.87. The molecule has 1 aliphatic heterocycles. The van der Waals surface area contributed by atoms with Crippen molar-refractivity contribution in [2.45, 2.75) is 26.2 Å². The largest absolute Gasteiger partial charge is 0.341 e. The number of amides is 1. The molecule has 1 saturated heterocycles. The summed E-state index contributed by atoms with van der Waals surface area (Å²) in [7, 11) is 3.98. The van der Waals surface area contributed by atoms with Crippen LogP contribution in [0.15, 0.2) is 30.7 Å². The van der Waals surface area contributed by atoms with Gasteiger partial charge in [0.2, 0.25) is 5.91 Å². The van der Waals surface area contributed by atoms with E-state index in [-0.39, 0.29) is 5.91 Å². The molecule has 0 bridgehead atoms. The Bertz CT molecular complexity index is 797. The van der Waals surface area contributed by atoms with Crippen LogP contribution in [0.25, 0.3) is 11.5 Å². The van der Waals surface area contributed by atoms with Gasteiger partial charge in [0, 0.05) is 43.3 Å². The van der Waals surface area contributed by atoms with E-state index in [0.29, 0.717) is 5.92 Å². The lowest BCUT2D eigenvalue weighted by atomic mass is 9.93. The Morgan fingerprint density at radius 3 is 2.96 bits per heavy atom. The highest BCUT2D eigenvalue weighted by atomic mass is 16.2. The molecule has 144 valence electrons. The number of likely N-dealkylation sites (tertiary alicyclic amines) is 1. The molecule has 0 spiro atoms. The number of aryl methyl sites for hydroxylation is 1. The van der Waals surface area contributed by atoms with Crippen molar-refractivity contribution < 1.29 is 4.79 Å². The third-order valence-electron chi connectivity index (χ3n) is 4.73. The monoisotopic (exact) mass is 368 g/mol. The van der Waals surface area contributed by atoms with E-state index >= 15 is 0 Å². The van der Waals surface area contributed by atoms with Gasteiger partial charge in [0.25, 0.3) is 0 Å². The van der Waals surface area contributed by atoms with Crippen LogP contribution in [0.2, 0.25) is 0 Å². The van der Waals surface area contributed by atoms with Gasteiger partial charge in [0.15, 0.2) is 5.82 Å². The smallest absolute Gasteiger partial charge is 0.246 e. The van der Waals surface area contributed by atoms with Crippen molar-refractivity contribution in [3.63, 3.8) is 0 Å². The predicted octanol–water partition coefficient (Wildman–Crippen LogP) is 2.07.